The maximum atomic E-state index is 11.5. The van der Waals surface area contributed by atoms with Crippen LogP contribution < -0.4 is 5.32 Å². The fourth-order valence-corrected chi connectivity index (χ4v) is 1.32. The van der Waals surface area contributed by atoms with Gasteiger partial charge in [-0.15, -0.1) is 0 Å². The molecule has 1 heterocycles. The molecule has 0 aliphatic heterocycles. The summed E-state index contributed by atoms with van der Waals surface area (Å²) in [5.41, 5.74) is 0.622. The van der Waals surface area contributed by atoms with Gasteiger partial charge in [0.25, 0.3) is 0 Å². The number of methoxy groups -OCH3 is 2. The highest BCUT2D eigenvalue weighted by Gasteiger charge is 2.25. The van der Waals surface area contributed by atoms with Crippen LogP contribution in [0.2, 0.25) is 0 Å². The van der Waals surface area contributed by atoms with Gasteiger partial charge >= 0.3 is 12.1 Å². The molecule has 0 bridgehead atoms. The first kappa shape index (κ1) is 12.1. The van der Waals surface area contributed by atoms with Gasteiger partial charge < -0.3 is 19.4 Å². The Morgan fingerprint density at radius 3 is 2.50 bits per heavy atom. The van der Waals surface area contributed by atoms with Crippen LogP contribution in [0.3, 0.4) is 0 Å². The molecule has 16 heavy (non-hydrogen) atoms. The van der Waals surface area contributed by atoms with Crippen molar-refractivity contribution in [2.45, 2.75) is 6.04 Å². The van der Waals surface area contributed by atoms with E-state index in [4.69, 9.17) is 0 Å². The van der Waals surface area contributed by atoms with E-state index in [-0.39, 0.29) is 0 Å². The van der Waals surface area contributed by atoms with Gasteiger partial charge in [0.1, 0.15) is 0 Å². The zero-order valence-electron chi connectivity index (χ0n) is 9.39. The Morgan fingerprint density at radius 2 is 2.06 bits per heavy atom. The summed E-state index contributed by atoms with van der Waals surface area (Å²) in [5, 5.41) is 2.40. The third kappa shape index (κ3) is 2.53. The molecule has 1 N–H and O–H groups in total. The molecule has 88 valence electrons. The Bertz CT molecular complexity index is 386. The number of carbonyl (C=O) groups excluding carboxylic acids is 2. The van der Waals surface area contributed by atoms with E-state index in [1.54, 1.807) is 29.9 Å². The second-order valence-electron chi connectivity index (χ2n) is 3.14. The van der Waals surface area contributed by atoms with E-state index in [1.165, 1.54) is 14.2 Å². The van der Waals surface area contributed by atoms with Crippen LogP contribution in [0, 0.1) is 0 Å². The van der Waals surface area contributed by atoms with Crippen molar-refractivity contribution in [1.29, 1.82) is 0 Å². The van der Waals surface area contributed by atoms with Crippen LogP contribution in [0.15, 0.2) is 18.3 Å². The van der Waals surface area contributed by atoms with Crippen LogP contribution in [0.5, 0.6) is 0 Å². The van der Waals surface area contributed by atoms with Crippen molar-refractivity contribution < 1.29 is 19.1 Å². The number of alkyl carbamates (subject to hydrolysis) is 1. The molecule has 0 radical (unpaired) electrons. The lowest BCUT2D eigenvalue weighted by molar-refractivity contribution is -0.143. The summed E-state index contributed by atoms with van der Waals surface area (Å²) in [6.07, 6.45) is 1.08. The lowest BCUT2D eigenvalue weighted by Crippen LogP contribution is -2.35. The molecule has 1 amide bonds. The van der Waals surface area contributed by atoms with Crippen molar-refractivity contribution >= 4 is 12.1 Å². The van der Waals surface area contributed by atoms with Crippen LogP contribution in [0.4, 0.5) is 4.79 Å². The molecule has 0 aliphatic carbocycles. The summed E-state index contributed by atoms with van der Waals surface area (Å²) < 4.78 is 10.8. The minimum absolute atomic E-state index is 0.549. The number of nitrogens with one attached hydrogen (secondary N) is 1. The van der Waals surface area contributed by atoms with Gasteiger partial charge in [0.2, 0.25) is 0 Å². The molecule has 6 heteroatoms. The average molecular weight is 226 g/mol. The van der Waals surface area contributed by atoms with Crippen molar-refractivity contribution in [3.63, 3.8) is 0 Å². The van der Waals surface area contributed by atoms with E-state index in [0.29, 0.717) is 5.69 Å². The number of carbonyl (C=O) groups is 2. The summed E-state index contributed by atoms with van der Waals surface area (Å²) in [7, 11) is 4.26. The Morgan fingerprint density at radius 1 is 1.38 bits per heavy atom. The molecule has 0 saturated heterocycles. The Labute approximate surface area is 93.1 Å². The maximum Gasteiger partial charge on any atom is 0.407 e. The van der Waals surface area contributed by atoms with Gasteiger partial charge in [0.15, 0.2) is 6.04 Å². The third-order valence-corrected chi connectivity index (χ3v) is 2.16. The van der Waals surface area contributed by atoms with Gasteiger partial charge in [0, 0.05) is 13.2 Å². The molecule has 0 saturated carbocycles. The van der Waals surface area contributed by atoms with E-state index in [9.17, 15) is 9.59 Å². The second-order valence-corrected chi connectivity index (χ2v) is 3.14. The number of esters is 1. The first-order valence-electron chi connectivity index (χ1n) is 4.63. The fourth-order valence-electron chi connectivity index (χ4n) is 1.32. The van der Waals surface area contributed by atoms with Crippen LogP contribution in [-0.4, -0.2) is 30.8 Å². The van der Waals surface area contributed by atoms with Gasteiger partial charge in [-0.05, 0) is 12.1 Å². The number of aryl methyl sites for hydroxylation is 1. The van der Waals surface area contributed by atoms with Crippen LogP contribution in [0.25, 0.3) is 0 Å². The molecule has 0 aromatic carbocycles. The number of amides is 1. The molecular weight excluding hydrogens is 212 g/mol. The monoisotopic (exact) mass is 226 g/mol. The van der Waals surface area contributed by atoms with Crippen molar-refractivity contribution in [2.24, 2.45) is 7.05 Å². The highest BCUT2D eigenvalue weighted by Crippen LogP contribution is 2.14. The van der Waals surface area contributed by atoms with E-state index in [2.05, 4.69) is 14.8 Å². The summed E-state index contributed by atoms with van der Waals surface area (Å²) in [6.45, 7) is 0. The molecule has 1 aromatic heterocycles. The molecule has 0 fully saturated rings. The molecule has 1 aromatic rings. The van der Waals surface area contributed by atoms with Crippen molar-refractivity contribution in [3.05, 3.63) is 24.0 Å². The molecule has 6 nitrogen and oxygen atoms in total. The molecule has 0 unspecified atom stereocenters. The molecular formula is C10H14N2O4. The Hall–Kier alpha value is -1.98. The SMILES string of the molecule is COC(=O)N[C@@H](C(=O)OC)c1cccn1C. The number of rotatable bonds is 3. The van der Waals surface area contributed by atoms with E-state index in [1.807, 2.05) is 0 Å². The van der Waals surface area contributed by atoms with Crippen LogP contribution in [0.1, 0.15) is 11.7 Å². The third-order valence-electron chi connectivity index (χ3n) is 2.16. The number of aromatic nitrogens is 1. The summed E-state index contributed by atoms with van der Waals surface area (Å²) >= 11 is 0. The number of hydrogen-bond acceptors (Lipinski definition) is 4. The van der Waals surface area contributed by atoms with Crippen molar-refractivity contribution in [2.75, 3.05) is 14.2 Å². The quantitative estimate of drug-likeness (QED) is 0.766. The molecule has 1 rings (SSSR count). The number of nitrogens with zero attached hydrogens (tertiary/aromatic N) is 1. The topological polar surface area (TPSA) is 69.6 Å². The Balaban J connectivity index is 2.92. The fraction of sp³-hybridized carbons (Fsp3) is 0.400. The summed E-state index contributed by atoms with van der Waals surface area (Å²) in [4.78, 5) is 22.6. The predicted molar refractivity (Wildman–Crippen MR) is 55.7 cm³/mol. The lowest BCUT2D eigenvalue weighted by atomic mass is 10.2. The van der Waals surface area contributed by atoms with E-state index >= 15 is 0 Å². The summed E-state index contributed by atoms with van der Waals surface area (Å²) in [5.74, 6) is -0.549. The van der Waals surface area contributed by atoms with Gasteiger partial charge in [0.05, 0.1) is 19.9 Å². The smallest absolute Gasteiger partial charge is 0.407 e. The molecule has 0 spiro atoms. The lowest BCUT2D eigenvalue weighted by Gasteiger charge is -2.16. The van der Waals surface area contributed by atoms with Crippen molar-refractivity contribution in [3.8, 4) is 0 Å². The van der Waals surface area contributed by atoms with Crippen LogP contribution >= 0.6 is 0 Å². The minimum atomic E-state index is -0.863. The summed E-state index contributed by atoms with van der Waals surface area (Å²) in [6, 6.07) is 2.62. The average Bonchev–Trinajstić information content (AvgIpc) is 2.70. The van der Waals surface area contributed by atoms with Crippen molar-refractivity contribution in [1.82, 2.24) is 9.88 Å². The number of hydrogen-bond donors (Lipinski definition) is 1. The zero-order chi connectivity index (χ0) is 12.1. The number of ether oxygens (including phenoxy) is 2. The van der Waals surface area contributed by atoms with Gasteiger partial charge in [-0.3, -0.25) is 0 Å². The van der Waals surface area contributed by atoms with Gasteiger partial charge in [-0.25, -0.2) is 9.59 Å². The largest absolute Gasteiger partial charge is 0.467 e. The van der Waals surface area contributed by atoms with E-state index < -0.39 is 18.1 Å². The second kappa shape index (κ2) is 5.20. The normalized spacial score (nSPS) is 11.7. The highest BCUT2D eigenvalue weighted by molar-refractivity contribution is 5.82. The molecule has 0 aliphatic rings. The first-order valence-corrected chi connectivity index (χ1v) is 4.63. The van der Waals surface area contributed by atoms with Crippen LogP contribution in [-0.2, 0) is 21.3 Å². The Kier molecular flexibility index (Phi) is 3.93. The maximum absolute atomic E-state index is 11.5. The van der Waals surface area contributed by atoms with E-state index in [0.717, 1.165) is 0 Å². The highest BCUT2D eigenvalue weighted by atomic mass is 16.5. The zero-order valence-corrected chi connectivity index (χ0v) is 9.39. The predicted octanol–water partition coefficient (Wildman–Crippen LogP) is 0.595. The first-order chi connectivity index (χ1) is 7.60. The minimum Gasteiger partial charge on any atom is -0.467 e. The van der Waals surface area contributed by atoms with Gasteiger partial charge in [-0.2, -0.15) is 0 Å². The van der Waals surface area contributed by atoms with Gasteiger partial charge in [-0.1, -0.05) is 0 Å². The standard InChI is InChI=1S/C10H14N2O4/c1-12-6-4-5-7(12)8(9(13)15-2)11-10(14)16-3/h4-6,8H,1-3H3,(H,11,14)/t8-/m1/s1. The molecule has 1 atom stereocenters.